The Bertz CT molecular complexity index is 1030. The van der Waals surface area contributed by atoms with Gasteiger partial charge < -0.3 is 9.47 Å². The van der Waals surface area contributed by atoms with E-state index >= 15 is 0 Å². The molecule has 0 unspecified atom stereocenters. The summed E-state index contributed by atoms with van der Waals surface area (Å²) < 4.78 is 70.5. The van der Waals surface area contributed by atoms with Crippen LogP contribution in [0.25, 0.3) is 0 Å². The van der Waals surface area contributed by atoms with Crippen LogP contribution in [0, 0.1) is 0 Å². The first-order chi connectivity index (χ1) is 12.4. The van der Waals surface area contributed by atoms with Crippen LogP contribution < -0.4 is 21.0 Å². The van der Waals surface area contributed by atoms with Crippen LogP contribution in [0.4, 0.5) is 18.0 Å². The zero-order valence-corrected chi connectivity index (χ0v) is 14.5. The molecule has 0 aliphatic rings. The molecule has 1 aromatic carbocycles. The molecular weight excluding hydrogens is 399 g/mol. The highest BCUT2D eigenvalue weighted by Gasteiger charge is 2.34. The van der Waals surface area contributed by atoms with Crippen LogP contribution >= 0.6 is 0 Å². The number of hydrogen-bond donors (Lipinski definition) is 1. The maximum atomic E-state index is 12.4. The summed E-state index contributed by atoms with van der Waals surface area (Å²) in [6.45, 7) is 0. The number of carbonyl (C=O) groups is 1. The minimum Gasteiger partial charge on any atom is -0.467 e. The Kier molecular flexibility index (Phi) is 5.19. The second-order valence-corrected chi connectivity index (χ2v) is 6.66. The molecule has 148 valence electrons. The summed E-state index contributed by atoms with van der Waals surface area (Å²) in [5.74, 6) is 4.44. The van der Waals surface area contributed by atoms with E-state index in [1.165, 1.54) is 7.05 Å². The first kappa shape index (κ1) is 20.2. The Balaban J connectivity index is 2.40. The molecule has 2 aromatic rings. The van der Waals surface area contributed by atoms with E-state index in [9.17, 15) is 31.2 Å². The lowest BCUT2D eigenvalue weighted by molar-refractivity contribution is -0.274. The van der Waals surface area contributed by atoms with Crippen molar-refractivity contribution in [3.05, 3.63) is 34.7 Å². The summed E-state index contributed by atoms with van der Waals surface area (Å²) in [7, 11) is -2.47. The van der Waals surface area contributed by atoms with E-state index in [-0.39, 0.29) is 15.1 Å². The van der Waals surface area contributed by atoms with Crippen LogP contribution in [0.15, 0.2) is 34.0 Å². The van der Waals surface area contributed by atoms with Crippen LogP contribution in [0.5, 0.6) is 11.8 Å². The number of halogens is 3. The van der Waals surface area contributed by atoms with Crippen molar-refractivity contribution in [1.82, 2.24) is 18.8 Å². The summed E-state index contributed by atoms with van der Waals surface area (Å²) in [4.78, 5) is 23.4. The number of methoxy groups -OCH3 is 1. The van der Waals surface area contributed by atoms with Gasteiger partial charge >= 0.3 is 24.1 Å². The number of nitrogens with two attached hydrogens (primary N) is 1. The summed E-state index contributed by atoms with van der Waals surface area (Å²) in [5, 5.41) is 3.46. The van der Waals surface area contributed by atoms with Gasteiger partial charge in [0.25, 0.3) is 10.0 Å². The summed E-state index contributed by atoms with van der Waals surface area (Å²) >= 11 is 0. The molecule has 2 rings (SSSR count). The van der Waals surface area contributed by atoms with Crippen molar-refractivity contribution in [3.63, 3.8) is 0 Å². The van der Waals surface area contributed by atoms with Gasteiger partial charge in [-0.05, 0) is 12.1 Å². The van der Waals surface area contributed by atoms with Crippen LogP contribution in [0.1, 0.15) is 0 Å². The molecule has 1 aromatic heterocycles. The zero-order chi connectivity index (χ0) is 20.6. The van der Waals surface area contributed by atoms with Crippen LogP contribution in [-0.2, 0) is 17.1 Å². The van der Waals surface area contributed by atoms with E-state index in [0.29, 0.717) is 6.07 Å². The Morgan fingerprint density at radius 3 is 2.48 bits per heavy atom. The Labute approximate surface area is 149 Å². The smallest absolute Gasteiger partial charge is 0.467 e. The average Bonchev–Trinajstić information content (AvgIpc) is 2.87. The van der Waals surface area contributed by atoms with E-state index in [0.717, 1.165) is 29.9 Å². The predicted molar refractivity (Wildman–Crippen MR) is 81.2 cm³/mol. The molecule has 0 aliphatic carbocycles. The third-order valence-corrected chi connectivity index (χ3v) is 4.61. The molecule has 0 atom stereocenters. The quantitative estimate of drug-likeness (QED) is 0.422. The molecule has 0 saturated heterocycles. The Morgan fingerprint density at radius 2 is 1.96 bits per heavy atom. The number of hydrazine groups is 1. The summed E-state index contributed by atoms with van der Waals surface area (Å²) in [6.07, 6.45) is -5.06. The molecule has 2 N–H and O–H groups in total. The van der Waals surface area contributed by atoms with Gasteiger partial charge in [-0.2, -0.15) is 8.42 Å². The fraction of sp³-hybridized carbons (Fsp3) is 0.250. The molecule has 11 nitrogen and oxygen atoms in total. The highest BCUT2D eigenvalue weighted by Crippen LogP contribution is 2.25. The van der Waals surface area contributed by atoms with Crippen LogP contribution in [-0.4, -0.2) is 46.7 Å². The van der Waals surface area contributed by atoms with Crippen molar-refractivity contribution >= 4 is 16.1 Å². The van der Waals surface area contributed by atoms with E-state index in [1.54, 1.807) is 0 Å². The standard InChI is InChI=1S/C12H12F3N5O6S/c1-18-9(25-2)17-19(10(18)21)11(22)20(16)27(23,24)8-5-3-4-7(6-8)26-12(13,14)15/h3-6H,16H2,1-2H3. The SMILES string of the molecule is COc1nn(C(=O)N(N)S(=O)(=O)c2cccc(OC(F)(F)F)c2)c(=O)n1C. The van der Waals surface area contributed by atoms with Gasteiger partial charge in [-0.3, -0.25) is 0 Å². The number of amides is 1. The van der Waals surface area contributed by atoms with E-state index in [1.807, 2.05) is 0 Å². The molecule has 0 bridgehead atoms. The normalized spacial score (nSPS) is 11.9. The van der Waals surface area contributed by atoms with E-state index < -0.39 is 38.8 Å². The third kappa shape index (κ3) is 4.03. The number of alkyl halides is 3. The van der Waals surface area contributed by atoms with Gasteiger partial charge in [-0.1, -0.05) is 6.07 Å². The number of ether oxygens (including phenoxy) is 2. The van der Waals surface area contributed by atoms with Gasteiger partial charge in [0.05, 0.1) is 12.0 Å². The second kappa shape index (κ2) is 6.92. The van der Waals surface area contributed by atoms with Crippen molar-refractivity contribution < 1.29 is 35.9 Å². The number of aromatic nitrogens is 3. The van der Waals surface area contributed by atoms with Crippen LogP contribution in [0.3, 0.4) is 0 Å². The lowest BCUT2D eigenvalue weighted by atomic mass is 10.3. The largest absolute Gasteiger partial charge is 0.573 e. The average molecular weight is 411 g/mol. The highest BCUT2D eigenvalue weighted by molar-refractivity contribution is 7.89. The maximum Gasteiger partial charge on any atom is 0.573 e. The predicted octanol–water partition coefficient (Wildman–Crippen LogP) is 0.0217. The van der Waals surface area contributed by atoms with Crippen molar-refractivity contribution in [2.75, 3.05) is 7.11 Å². The molecule has 0 aliphatic heterocycles. The fourth-order valence-corrected chi connectivity index (χ4v) is 2.89. The monoisotopic (exact) mass is 411 g/mol. The number of sulfonamides is 1. The molecule has 0 fully saturated rings. The molecule has 0 saturated carbocycles. The van der Waals surface area contributed by atoms with E-state index in [4.69, 9.17) is 10.6 Å². The molecule has 27 heavy (non-hydrogen) atoms. The van der Waals surface area contributed by atoms with E-state index in [2.05, 4.69) is 9.84 Å². The molecule has 1 amide bonds. The topological polar surface area (TPSA) is 139 Å². The highest BCUT2D eigenvalue weighted by atomic mass is 32.2. The zero-order valence-electron chi connectivity index (χ0n) is 13.7. The molecule has 0 spiro atoms. The number of hydrogen-bond acceptors (Lipinski definition) is 8. The van der Waals surface area contributed by atoms with Gasteiger partial charge in [0, 0.05) is 13.1 Å². The molecule has 1 heterocycles. The first-order valence-electron chi connectivity index (χ1n) is 6.78. The van der Waals surface area contributed by atoms with Crippen molar-refractivity contribution in [2.45, 2.75) is 11.3 Å². The van der Waals surface area contributed by atoms with Gasteiger partial charge in [0.1, 0.15) is 5.75 Å². The number of benzene rings is 1. The Hall–Kier alpha value is -3.07. The summed E-state index contributed by atoms with van der Waals surface area (Å²) in [5.41, 5.74) is -1.06. The van der Waals surface area contributed by atoms with Crippen molar-refractivity contribution in [3.8, 4) is 11.8 Å². The fourth-order valence-electron chi connectivity index (χ4n) is 1.86. The number of carbonyl (C=O) groups excluding carboxylic acids is 1. The molecular formula is C12H12F3N5O6S. The maximum absolute atomic E-state index is 12.4. The lowest BCUT2D eigenvalue weighted by Gasteiger charge is -2.16. The Morgan fingerprint density at radius 1 is 1.33 bits per heavy atom. The summed E-state index contributed by atoms with van der Waals surface area (Å²) in [6, 6.07) is 1.30. The van der Waals surface area contributed by atoms with Crippen molar-refractivity contribution in [1.29, 1.82) is 0 Å². The van der Waals surface area contributed by atoms with Gasteiger partial charge in [0.15, 0.2) is 0 Å². The number of rotatable bonds is 4. The van der Waals surface area contributed by atoms with Crippen LogP contribution in [0.2, 0.25) is 0 Å². The lowest BCUT2D eigenvalue weighted by Crippen LogP contribution is -2.48. The van der Waals surface area contributed by atoms with Gasteiger partial charge in [0.2, 0.25) is 0 Å². The molecule has 0 radical (unpaired) electrons. The minimum absolute atomic E-state index is 0.118. The molecule has 15 heteroatoms. The van der Waals surface area contributed by atoms with Crippen molar-refractivity contribution in [2.24, 2.45) is 12.9 Å². The minimum atomic E-state index is -5.06. The van der Waals surface area contributed by atoms with Gasteiger partial charge in [-0.15, -0.1) is 27.4 Å². The number of nitrogens with zero attached hydrogens (tertiary/aromatic N) is 4. The first-order valence-corrected chi connectivity index (χ1v) is 8.22. The second-order valence-electron chi connectivity index (χ2n) is 4.85. The third-order valence-electron chi connectivity index (χ3n) is 3.09. The van der Waals surface area contributed by atoms with Gasteiger partial charge in [-0.25, -0.2) is 20.0 Å².